The van der Waals surface area contributed by atoms with Crippen LogP contribution in [0.3, 0.4) is 0 Å². The van der Waals surface area contributed by atoms with Gasteiger partial charge in [0.1, 0.15) is 17.5 Å². The zero-order valence-electron chi connectivity index (χ0n) is 10.5. The highest BCUT2D eigenvalue weighted by Gasteiger charge is 2.21. The molecule has 0 saturated heterocycles. The van der Waals surface area contributed by atoms with E-state index < -0.39 is 0 Å². The fraction of sp³-hybridized carbons (Fsp3) is 0.308. The number of aromatic nitrogens is 1. The minimum Gasteiger partial charge on any atom is -0.495 e. The molecule has 0 amide bonds. The molecule has 0 aliphatic rings. The van der Waals surface area contributed by atoms with Gasteiger partial charge in [-0.2, -0.15) is 0 Å². The maximum Gasteiger partial charge on any atom is 0.142 e. The number of thiophene rings is 1. The fourth-order valence-corrected chi connectivity index (χ4v) is 3.02. The monoisotopic (exact) mass is 263 g/mol. The molecule has 0 aromatic carbocycles. The highest BCUT2D eigenvalue weighted by molar-refractivity contribution is 7.10. The molecule has 0 aliphatic heterocycles. The van der Waals surface area contributed by atoms with Crippen LogP contribution in [0.25, 0.3) is 0 Å². The Kier molecular flexibility index (Phi) is 4.30. The Hall–Kier alpha value is -1.43. The Balaban J connectivity index is 2.45. The Labute approximate surface area is 111 Å². The summed E-state index contributed by atoms with van der Waals surface area (Å²) in [5, 5.41) is 2.08. The normalized spacial score (nSPS) is 12.4. The number of nitrogens with zero attached hydrogens (tertiary/aromatic N) is 1. The Morgan fingerprint density at radius 3 is 3.00 bits per heavy atom. The van der Waals surface area contributed by atoms with Gasteiger partial charge in [-0.1, -0.05) is 6.92 Å². The minimum atomic E-state index is -0.129. The van der Waals surface area contributed by atoms with Gasteiger partial charge in [-0.15, -0.1) is 11.3 Å². The number of hydrazine groups is 1. The maximum absolute atomic E-state index is 5.70. The third-order valence-electron chi connectivity index (χ3n) is 2.88. The van der Waals surface area contributed by atoms with Crippen LogP contribution in [-0.2, 0) is 6.42 Å². The molecule has 1 atom stereocenters. The summed E-state index contributed by atoms with van der Waals surface area (Å²) in [6.45, 7) is 2.13. The zero-order chi connectivity index (χ0) is 13.0. The molecule has 0 saturated carbocycles. The molecule has 2 aromatic rings. The average Bonchev–Trinajstić information content (AvgIpc) is 2.88. The van der Waals surface area contributed by atoms with Gasteiger partial charge in [0.2, 0.25) is 0 Å². The van der Waals surface area contributed by atoms with E-state index in [1.165, 1.54) is 10.4 Å². The van der Waals surface area contributed by atoms with Crippen molar-refractivity contribution < 1.29 is 4.74 Å². The molecular formula is C13H17N3OS. The molecule has 1 unspecified atom stereocenters. The van der Waals surface area contributed by atoms with E-state index in [0.29, 0.717) is 0 Å². The Bertz CT molecular complexity index is 512. The van der Waals surface area contributed by atoms with E-state index in [2.05, 4.69) is 28.8 Å². The quantitative estimate of drug-likeness (QED) is 0.642. The third kappa shape index (κ3) is 2.38. The van der Waals surface area contributed by atoms with Gasteiger partial charge in [0, 0.05) is 11.1 Å². The number of methoxy groups -OCH3 is 1. The van der Waals surface area contributed by atoms with Gasteiger partial charge in [0.05, 0.1) is 7.11 Å². The summed E-state index contributed by atoms with van der Waals surface area (Å²) in [6.07, 6.45) is 2.73. The van der Waals surface area contributed by atoms with Crippen molar-refractivity contribution in [3.05, 3.63) is 45.9 Å². The highest BCUT2D eigenvalue weighted by atomic mass is 32.1. The predicted octanol–water partition coefficient (Wildman–Crippen LogP) is 2.27. The van der Waals surface area contributed by atoms with Crippen molar-refractivity contribution in [2.45, 2.75) is 19.4 Å². The van der Waals surface area contributed by atoms with Crippen molar-refractivity contribution in [3.63, 3.8) is 0 Å². The Morgan fingerprint density at radius 1 is 1.50 bits per heavy atom. The first-order valence-corrected chi connectivity index (χ1v) is 6.71. The first-order chi connectivity index (χ1) is 8.81. The van der Waals surface area contributed by atoms with Crippen LogP contribution in [0.1, 0.15) is 29.1 Å². The minimum absolute atomic E-state index is 0.129. The summed E-state index contributed by atoms with van der Waals surface area (Å²) in [5.74, 6) is 6.45. The van der Waals surface area contributed by atoms with Crippen LogP contribution in [-0.4, -0.2) is 12.1 Å². The number of pyridine rings is 1. The standard InChI is InChI=1S/C13H17N3OS/c1-3-9-6-8-18-13(9)12(16-14)11-10(17-2)5-4-7-15-11/h4-8,12,16H,3,14H2,1-2H3. The van der Waals surface area contributed by atoms with E-state index in [0.717, 1.165) is 17.9 Å². The SMILES string of the molecule is CCc1ccsc1C(NN)c1ncccc1OC. The molecular weight excluding hydrogens is 246 g/mol. The number of aryl methyl sites for hydroxylation is 1. The van der Waals surface area contributed by atoms with Crippen molar-refractivity contribution in [2.24, 2.45) is 5.84 Å². The van der Waals surface area contributed by atoms with Crippen molar-refractivity contribution in [1.82, 2.24) is 10.4 Å². The van der Waals surface area contributed by atoms with E-state index in [-0.39, 0.29) is 6.04 Å². The summed E-state index contributed by atoms with van der Waals surface area (Å²) in [4.78, 5) is 5.58. The molecule has 18 heavy (non-hydrogen) atoms. The maximum atomic E-state index is 5.70. The molecule has 2 rings (SSSR count). The second kappa shape index (κ2) is 5.95. The van der Waals surface area contributed by atoms with E-state index in [4.69, 9.17) is 10.6 Å². The Morgan fingerprint density at radius 2 is 2.33 bits per heavy atom. The van der Waals surface area contributed by atoms with Crippen LogP contribution in [0, 0.1) is 0 Å². The van der Waals surface area contributed by atoms with Crippen molar-refractivity contribution in [2.75, 3.05) is 7.11 Å². The number of hydrogen-bond donors (Lipinski definition) is 2. The van der Waals surface area contributed by atoms with Crippen molar-refractivity contribution in [1.29, 1.82) is 0 Å². The van der Waals surface area contributed by atoms with Crippen LogP contribution in [0.15, 0.2) is 29.8 Å². The summed E-state index contributed by atoms with van der Waals surface area (Å²) < 4.78 is 5.35. The zero-order valence-corrected chi connectivity index (χ0v) is 11.3. The fourth-order valence-electron chi connectivity index (χ4n) is 1.96. The lowest BCUT2D eigenvalue weighted by molar-refractivity contribution is 0.400. The van der Waals surface area contributed by atoms with Gasteiger partial charge in [-0.05, 0) is 35.6 Å². The van der Waals surface area contributed by atoms with Crippen LogP contribution in [0.5, 0.6) is 5.75 Å². The molecule has 0 radical (unpaired) electrons. The molecule has 0 aliphatic carbocycles. The van der Waals surface area contributed by atoms with E-state index >= 15 is 0 Å². The van der Waals surface area contributed by atoms with Crippen molar-refractivity contribution >= 4 is 11.3 Å². The largest absolute Gasteiger partial charge is 0.495 e. The van der Waals surface area contributed by atoms with Gasteiger partial charge in [0.15, 0.2) is 0 Å². The van der Waals surface area contributed by atoms with Crippen molar-refractivity contribution in [3.8, 4) is 5.75 Å². The molecule has 0 spiro atoms. The second-order valence-corrected chi connectivity index (χ2v) is 4.80. The average molecular weight is 263 g/mol. The highest BCUT2D eigenvalue weighted by Crippen LogP contribution is 2.32. The second-order valence-electron chi connectivity index (χ2n) is 3.85. The summed E-state index contributed by atoms with van der Waals surface area (Å²) in [5.41, 5.74) is 4.94. The number of nitrogens with one attached hydrogen (secondary N) is 1. The number of nitrogens with two attached hydrogens (primary N) is 1. The van der Waals surface area contributed by atoms with E-state index in [1.54, 1.807) is 24.6 Å². The van der Waals surface area contributed by atoms with Crippen LogP contribution in [0.4, 0.5) is 0 Å². The van der Waals surface area contributed by atoms with Gasteiger partial charge in [-0.3, -0.25) is 10.8 Å². The van der Waals surface area contributed by atoms with Gasteiger partial charge in [-0.25, -0.2) is 5.43 Å². The number of rotatable bonds is 5. The predicted molar refractivity (Wildman–Crippen MR) is 73.7 cm³/mol. The lowest BCUT2D eigenvalue weighted by Crippen LogP contribution is -2.29. The molecule has 96 valence electrons. The number of hydrogen-bond acceptors (Lipinski definition) is 5. The lowest BCUT2D eigenvalue weighted by Gasteiger charge is -2.18. The molecule has 5 heteroatoms. The van der Waals surface area contributed by atoms with Crippen LogP contribution < -0.4 is 16.0 Å². The van der Waals surface area contributed by atoms with Crippen LogP contribution in [0.2, 0.25) is 0 Å². The molecule has 0 fully saturated rings. The van der Waals surface area contributed by atoms with Gasteiger partial charge in [0.25, 0.3) is 0 Å². The third-order valence-corrected chi connectivity index (χ3v) is 3.91. The topological polar surface area (TPSA) is 60.2 Å². The molecule has 4 nitrogen and oxygen atoms in total. The van der Waals surface area contributed by atoms with Crippen LogP contribution >= 0.6 is 11.3 Å². The summed E-state index contributed by atoms with van der Waals surface area (Å²) in [7, 11) is 1.64. The molecule has 3 N–H and O–H groups in total. The van der Waals surface area contributed by atoms with E-state index in [1.807, 2.05) is 12.1 Å². The molecule has 2 heterocycles. The molecule has 2 aromatic heterocycles. The van der Waals surface area contributed by atoms with Gasteiger partial charge >= 0.3 is 0 Å². The van der Waals surface area contributed by atoms with Gasteiger partial charge < -0.3 is 4.74 Å². The lowest BCUT2D eigenvalue weighted by atomic mass is 10.1. The number of ether oxygens (including phenoxy) is 1. The van der Waals surface area contributed by atoms with E-state index in [9.17, 15) is 0 Å². The summed E-state index contributed by atoms with van der Waals surface area (Å²) >= 11 is 1.68. The molecule has 0 bridgehead atoms. The summed E-state index contributed by atoms with van der Waals surface area (Å²) in [6, 6.07) is 5.74. The smallest absolute Gasteiger partial charge is 0.142 e. The first kappa shape index (κ1) is 13.0. The first-order valence-electron chi connectivity index (χ1n) is 5.83.